The average Bonchev–Trinajstić information content (AvgIpc) is 2.23. The molecule has 0 aliphatic rings. The van der Waals surface area contributed by atoms with Gasteiger partial charge in [-0.1, -0.05) is 25.4 Å². The monoisotopic (exact) mass is 334 g/mol. The molecule has 5 heteroatoms. The van der Waals surface area contributed by atoms with Gasteiger partial charge in [0.2, 0.25) is 0 Å². The molecule has 0 heterocycles. The number of hydrogen-bond donors (Lipinski definition) is 2. The zero-order valence-electron chi connectivity index (χ0n) is 9.89. The van der Waals surface area contributed by atoms with Crippen LogP contribution in [0.5, 0.6) is 0 Å². The molecule has 94 valence electrons. The van der Waals surface area contributed by atoms with E-state index in [9.17, 15) is 0 Å². The molecule has 2 N–H and O–H groups in total. The summed E-state index contributed by atoms with van der Waals surface area (Å²) in [5.41, 5.74) is 0.889. The van der Waals surface area contributed by atoms with Crippen LogP contribution in [0.4, 0.5) is 5.69 Å². The summed E-state index contributed by atoms with van der Waals surface area (Å²) in [4.78, 5) is 0. The number of hydrogen-bond acceptors (Lipinski definition) is 1. The van der Waals surface area contributed by atoms with E-state index in [1.165, 1.54) is 0 Å². The highest BCUT2D eigenvalue weighted by atomic mass is 79.9. The summed E-state index contributed by atoms with van der Waals surface area (Å²) in [5, 5.41) is 7.56. The van der Waals surface area contributed by atoms with E-state index in [-0.39, 0.29) is 0 Å². The van der Waals surface area contributed by atoms with Crippen molar-refractivity contribution in [3.05, 3.63) is 27.7 Å². The number of anilines is 1. The van der Waals surface area contributed by atoms with E-state index in [0.717, 1.165) is 23.1 Å². The van der Waals surface area contributed by atoms with Crippen LogP contribution in [0, 0.1) is 5.92 Å². The molecule has 1 aromatic carbocycles. The molecule has 0 aliphatic carbocycles. The number of benzene rings is 1. The predicted octanol–water partition coefficient (Wildman–Crippen LogP) is 4.44. The third-order valence-corrected chi connectivity index (χ3v) is 3.66. The zero-order chi connectivity index (χ0) is 12.8. The minimum atomic E-state index is 0.629. The molecule has 0 saturated heterocycles. The van der Waals surface area contributed by atoms with Crippen molar-refractivity contribution < 1.29 is 0 Å². The lowest BCUT2D eigenvalue weighted by atomic mass is 10.1. The molecule has 0 bridgehead atoms. The smallest absolute Gasteiger partial charge is 0.170 e. The van der Waals surface area contributed by atoms with Crippen LogP contribution >= 0.6 is 39.7 Å². The largest absolute Gasteiger partial charge is 0.362 e. The summed E-state index contributed by atoms with van der Waals surface area (Å²) in [6.45, 7) is 5.26. The lowest BCUT2D eigenvalue weighted by Crippen LogP contribution is -2.29. The van der Waals surface area contributed by atoms with E-state index in [2.05, 4.69) is 40.4 Å². The highest BCUT2D eigenvalue weighted by Gasteiger charge is 2.01. The van der Waals surface area contributed by atoms with Crippen molar-refractivity contribution in [3.63, 3.8) is 0 Å². The van der Waals surface area contributed by atoms with Crippen LogP contribution in [0.25, 0.3) is 0 Å². The van der Waals surface area contributed by atoms with Gasteiger partial charge in [-0.3, -0.25) is 0 Å². The summed E-state index contributed by atoms with van der Waals surface area (Å²) in [5.74, 6) is 0.674. The Morgan fingerprint density at radius 2 is 2.18 bits per heavy atom. The maximum Gasteiger partial charge on any atom is 0.170 e. The molecule has 1 rings (SSSR count). The highest BCUT2D eigenvalue weighted by molar-refractivity contribution is 9.10. The fourth-order valence-corrected chi connectivity index (χ4v) is 1.87. The van der Waals surface area contributed by atoms with E-state index in [1.54, 1.807) is 0 Å². The first-order valence-corrected chi connectivity index (χ1v) is 7.07. The summed E-state index contributed by atoms with van der Waals surface area (Å²) in [6, 6.07) is 5.65. The highest BCUT2D eigenvalue weighted by Crippen LogP contribution is 2.25. The van der Waals surface area contributed by atoms with E-state index in [1.807, 2.05) is 18.2 Å². The molecule has 0 aliphatic heterocycles. The number of halogens is 2. The van der Waals surface area contributed by atoms with Gasteiger partial charge in [-0.2, -0.15) is 0 Å². The van der Waals surface area contributed by atoms with Crippen molar-refractivity contribution in [1.29, 1.82) is 0 Å². The number of nitrogens with one attached hydrogen (secondary N) is 2. The third kappa shape index (κ3) is 5.70. The molecule has 0 aromatic heterocycles. The standard InChI is InChI=1S/C12H16BrClN2S/c1-8(2)5-6-15-12(17)16-9-3-4-10(13)11(14)7-9/h3-4,7-8H,5-6H2,1-2H3,(H2,15,16,17). The van der Waals surface area contributed by atoms with Crippen molar-refractivity contribution in [2.24, 2.45) is 5.92 Å². The first-order valence-electron chi connectivity index (χ1n) is 5.49. The Hall–Kier alpha value is -0.320. The maximum atomic E-state index is 5.99. The van der Waals surface area contributed by atoms with E-state index in [0.29, 0.717) is 16.1 Å². The molecule has 0 amide bonds. The molecule has 1 aromatic rings. The Morgan fingerprint density at radius 3 is 2.76 bits per heavy atom. The lowest BCUT2D eigenvalue weighted by molar-refractivity contribution is 0.579. The quantitative estimate of drug-likeness (QED) is 0.796. The Balaban J connectivity index is 2.42. The van der Waals surface area contributed by atoms with Gasteiger partial charge in [-0.15, -0.1) is 0 Å². The van der Waals surface area contributed by atoms with Crippen molar-refractivity contribution >= 4 is 50.5 Å². The maximum absolute atomic E-state index is 5.99. The topological polar surface area (TPSA) is 24.1 Å². The number of thiocarbonyl (C=S) groups is 1. The van der Waals surface area contributed by atoms with Crippen molar-refractivity contribution in [1.82, 2.24) is 5.32 Å². The molecule has 17 heavy (non-hydrogen) atoms. The fourth-order valence-electron chi connectivity index (χ4n) is 1.22. The van der Waals surface area contributed by atoms with Crippen molar-refractivity contribution in [2.75, 3.05) is 11.9 Å². The van der Waals surface area contributed by atoms with Gasteiger partial charge >= 0.3 is 0 Å². The summed E-state index contributed by atoms with van der Waals surface area (Å²) < 4.78 is 0.878. The van der Waals surface area contributed by atoms with Crippen LogP contribution in [0.1, 0.15) is 20.3 Å². The zero-order valence-corrected chi connectivity index (χ0v) is 13.0. The van der Waals surface area contributed by atoms with Crippen LogP contribution in [-0.2, 0) is 0 Å². The second-order valence-electron chi connectivity index (χ2n) is 4.19. The van der Waals surface area contributed by atoms with Crippen LogP contribution in [0.2, 0.25) is 5.02 Å². The van der Waals surface area contributed by atoms with Crippen LogP contribution < -0.4 is 10.6 Å². The molecule has 2 nitrogen and oxygen atoms in total. The third-order valence-electron chi connectivity index (χ3n) is 2.18. The van der Waals surface area contributed by atoms with Crippen molar-refractivity contribution in [3.8, 4) is 0 Å². The lowest BCUT2D eigenvalue weighted by Gasteiger charge is -2.12. The van der Waals surface area contributed by atoms with Gasteiger partial charge in [0, 0.05) is 16.7 Å². The molecule has 0 spiro atoms. The SMILES string of the molecule is CC(C)CCNC(=S)Nc1ccc(Br)c(Cl)c1. The molecule has 0 fully saturated rings. The normalized spacial score (nSPS) is 10.4. The van der Waals surface area contributed by atoms with Gasteiger partial charge in [0.1, 0.15) is 0 Å². The first-order chi connectivity index (χ1) is 7.99. The second-order valence-corrected chi connectivity index (χ2v) is 5.86. The number of rotatable bonds is 4. The van der Waals surface area contributed by atoms with Crippen LogP contribution in [0.3, 0.4) is 0 Å². The van der Waals surface area contributed by atoms with Gasteiger partial charge in [-0.05, 0) is 58.7 Å². The average molecular weight is 336 g/mol. The molecule has 0 unspecified atom stereocenters. The predicted molar refractivity (Wildman–Crippen MR) is 82.8 cm³/mol. The molecule has 0 saturated carbocycles. The second kappa shape index (κ2) is 7.19. The van der Waals surface area contributed by atoms with Crippen LogP contribution in [-0.4, -0.2) is 11.7 Å². The summed E-state index contributed by atoms with van der Waals surface area (Å²) >= 11 is 14.5. The minimum absolute atomic E-state index is 0.629. The van der Waals surface area contributed by atoms with Gasteiger partial charge in [0.05, 0.1) is 5.02 Å². The molecule has 0 atom stereocenters. The molecular formula is C12H16BrClN2S. The van der Waals surface area contributed by atoms with Gasteiger partial charge in [0.15, 0.2) is 5.11 Å². The van der Waals surface area contributed by atoms with Crippen molar-refractivity contribution in [2.45, 2.75) is 20.3 Å². The van der Waals surface area contributed by atoms with Gasteiger partial charge < -0.3 is 10.6 Å². The Labute approximate surface area is 121 Å². The van der Waals surface area contributed by atoms with Crippen LogP contribution in [0.15, 0.2) is 22.7 Å². The van der Waals surface area contributed by atoms with E-state index < -0.39 is 0 Å². The first kappa shape index (κ1) is 14.7. The molecule has 0 radical (unpaired) electrons. The molecular weight excluding hydrogens is 320 g/mol. The Kier molecular flexibility index (Phi) is 6.23. The Morgan fingerprint density at radius 1 is 1.47 bits per heavy atom. The summed E-state index contributed by atoms with van der Waals surface area (Å²) in [7, 11) is 0. The van der Waals surface area contributed by atoms with E-state index >= 15 is 0 Å². The minimum Gasteiger partial charge on any atom is -0.362 e. The summed E-state index contributed by atoms with van der Waals surface area (Å²) in [6.07, 6.45) is 1.10. The fraction of sp³-hybridized carbons (Fsp3) is 0.417. The Bertz CT molecular complexity index is 396. The van der Waals surface area contributed by atoms with E-state index in [4.69, 9.17) is 23.8 Å². The van der Waals surface area contributed by atoms with Gasteiger partial charge in [0.25, 0.3) is 0 Å². The van der Waals surface area contributed by atoms with Gasteiger partial charge in [-0.25, -0.2) is 0 Å².